The van der Waals surface area contributed by atoms with E-state index >= 15 is 0 Å². The Morgan fingerprint density at radius 2 is 1.54 bits per heavy atom. The lowest BCUT2D eigenvalue weighted by Crippen LogP contribution is -2.03. The zero-order valence-corrected chi connectivity index (χ0v) is 14.7. The van der Waals surface area contributed by atoms with Gasteiger partial charge in [0.25, 0.3) is 0 Å². The minimum Gasteiger partial charge on any atom is -0.497 e. The molecule has 0 amide bonds. The summed E-state index contributed by atoms with van der Waals surface area (Å²) < 4.78 is 15.7. The number of aromatic nitrogens is 3. The minimum absolute atomic E-state index is 0.368. The molecule has 0 unspecified atom stereocenters. The minimum atomic E-state index is 0.368. The Kier molecular flexibility index (Phi) is 5.33. The third kappa shape index (κ3) is 4.10. The zero-order chi connectivity index (χ0) is 18.4. The quantitative estimate of drug-likeness (QED) is 0.668. The fourth-order valence-corrected chi connectivity index (χ4v) is 2.26. The Bertz CT molecular complexity index is 871. The molecule has 0 aliphatic carbocycles. The normalized spacial score (nSPS) is 10.1. The van der Waals surface area contributed by atoms with Crippen LogP contribution in [0.15, 0.2) is 48.7 Å². The maximum atomic E-state index is 5.37. The number of hydrogen-bond donors (Lipinski definition) is 2. The van der Waals surface area contributed by atoms with Crippen LogP contribution in [0.5, 0.6) is 17.2 Å². The summed E-state index contributed by atoms with van der Waals surface area (Å²) in [6, 6.07) is 12.9. The molecule has 0 aliphatic rings. The number of nitrogens with one attached hydrogen (secondary N) is 2. The predicted octanol–water partition coefficient (Wildman–Crippen LogP) is 3.38. The lowest BCUT2D eigenvalue weighted by Gasteiger charge is -2.12. The van der Waals surface area contributed by atoms with Gasteiger partial charge in [-0.1, -0.05) is 0 Å². The van der Waals surface area contributed by atoms with Gasteiger partial charge in [-0.05, 0) is 36.4 Å². The number of nitrogens with zero attached hydrogens (tertiary/aromatic N) is 3. The van der Waals surface area contributed by atoms with Crippen molar-refractivity contribution in [2.45, 2.75) is 0 Å². The van der Waals surface area contributed by atoms with Crippen LogP contribution < -0.4 is 24.8 Å². The van der Waals surface area contributed by atoms with E-state index in [1.54, 1.807) is 27.4 Å². The molecule has 2 N–H and O–H groups in total. The molecule has 1 aromatic heterocycles. The van der Waals surface area contributed by atoms with E-state index in [1.807, 2.05) is 36.4 Å². The van der Waals surface area contributed by atoms with Gasteiger partial charge >= 0.3 is 0 Å². The lowest BCUT2D eigenvalue weighted by molar-refractivity contribution is 0.395. The van der Waals surface area contributed by atoms with Crippen molar-refractivity contribution in [1.82, 2.24) is 15.2 Å². The van der Waals surface area contributed by atoms with Gasteiger partial charge in [0.05, 0.1) is 33.2 Å². The van der Waals surface area contributed by atoms with E-state index in [9.17, 15) is 0 Å². The van der Waals surface area contributed by atoms with Crippen molar-refractivity contribution < 1.29 is 14.2 Å². The average molecular weight is 353 g/mol. The summed E-state index contributed by atoms with van der Waals surface area (Å²) in [5.74, 6) is 3.01. The number of anilines is 4. The summed E-state index contributed by atoms with van der Waals surface area (Å²) in [7, 11) is 4.82. The Balaban J connectivity index is 1.76. The van der Waals surface area contributed by atoms with Crippen LogP contribution in [0.2, 0.25) is 0 Å². The molecular weight excluding hydrogens is 334 g/mol. The van der Waals surface area contributed by atoms with Crippen molar-refractivity contribution in [2.75, 3.05) is 32.0 Å². The highest BCUT2D eigenvalue weighted by molar-refractivity contribution is 5.66. The van der Waals surface area contributed by atoms with Crippen molar-refractivity contribution in [3.8, 4) is 17.2 Å². The highest BCUT2D eigenvalue weighted by Crippen LogP contribution is 2.31. The molecule has 0 aliphatic heterocycles. The van der Waals surface area contributed by atoms with Crippen molar-refractivity contribution in [3.63, 3.8) is 0 Å². The van der Waals surface area contributed by atoms with Crippen molar-refractivity contribution in [2.24, 2.45) is 0 Å². The SMILES string of the molecule is COc1ccc(Nc2nncc(Nc3ccc(OC)cc3OC)n2)cc1. The lowest BCUT2D eigenvalue weighted by atomic mass is 10.2. The Morgan fingerprint density at radius 3 is 2.23 bits per heavy atom. The second-order valence-electron chi connectivity index (χ2n) is 5.21. The molecule has 8 heteroatoms. The fraction of sp³-hybridized carbons (Fsp3) is 0.167. The highest BCUT2D eigenvalue weighted by Gasteiger charge is 2.08. The van der Waals surface area contributed by atoms with Gasteiger partial charge in [-0.2, -0.15) is 10.1 Å². The number of methoxy groups -OCH3 is 3. The summed E-state index contributed by atoms with van der Waals surface area (Å²) in [5.41, 5.74) is 1.57. The van der Waals surface area contributed by atoms with Crippen LogP contribution in [0.25, 0.3) is 0 Å². The first-order valence-electron chi connectivity index (χ1n) is 7.81. The van der Waals surface area contributed by atoms with E-state index in [-0.39, 0.29) is 0 Å². The van der Waals surface area contributed by atoms with Gasteiger partial charge in [0, 0.05) is 11.8 Å². The largest absolute Gasteiger partial charge is 0.497 e. The van der Waals surface area contributed by atoms with Gasteiger partial charge in [-0.25, -0.2) is 0 Å². The molecule has 0 atom stereocenters. The summed E-state index contributed by atoms with van der Waals surface area (Å²) in [4.78, 5) is 4.41. The molecule has 3 aromatic rings. The Labute approximate surface area is 151 Å². The molecule has 0 radical (unpaired) electrons. The number of rotatable bonds is 7. The highest BCUT2D eigenvalue weighted by atomic mass is 16.5. The first-order valence-corrected chi connectivity index (χ1v) is 7.81. The smallest absolute Gasteiger partial charge is 0.249 e. The van der Waals surface area contributed by atoms with Crippen LogP contribution in [-0.4, -0.2) is 36.5 Å². The van der Waals surface area contributed by atoms with Crippen molar-refractivity contribution >= 4 is 23.1 Å². The van der Waals surface area contributed by atoms with Crippen LogP contribution in [0.1, 0.15) is 0 Å². The van der Waals surface area contributed by atoms with Crippen LogP contribution in [0.4, 0.5) is 23.1 Å². The first kappa shape index (κ1) is 17.3. The van der Waals surface area contributed by atoms with E-state index in [0.29, 0.717) is 23.3 Å². The molecule has 0 saturated carbocycles. The van der Waals surface area contributed by atoms with E-state index < -0.39 is 0 Å². The molecular formula is C18H19N5O3. The molecule has 8 nitrogen and oxygen atoms in total. The molecule has 0 spiro atoms. The summed E-state index contributed by atoms with van der Waals surface area (Å²) in [6.45, 7) is 0. The third-order valence-corrected chi connectivity index (χ3v) is 3.58. The van der Waals surface area contributed by atoms with Gasteiger partial charge in [0.1, 0.15) is 17.2 Å². The van der Waals surface area contributed by atoms with Gasteiger partial charge in [0.15, 0.2) is 5.82 Å². The Hall–Kier alpha value is -3.55. The number of benzene rings is 2. The predicted molar refractivity (Wildman–Crippen MR) is 98.9 cm³/mol. The second-order valence-corrected chi connectivity index (χ2v) is 5.21. The van der Waals surface area contributed by atoms with Crippen LogP contribution >= 0.6 is 0 Å². The van der Waals surface area contributed by atoms with Gasteiger partial charge in [-0.15, -0.1) is 5.10 Å². The zero-order valence-electron chi connectivity index (χ0n) is 14.7. The molecule has 26 heavy (non-hydrogen) atoms. The molecule has 0 saturated heterocycles. The summed E-state index contributed by atoms with van der Waals surface area (Å²) in [6.07, 6.45) is 1.53. The maximum absolute atomic E-state index is 5.37. The molecule has 0 fully saturated rings. The van der Waals surface area contributed by atoms with E-state index in [0.717, 1.165) is 17.1 Å². The molecule has 0 bridgehead atoms. The molecule has 1 heterocycles. The van der Waals surface area contributed by atoms with Crippen LogP contribution in [0.3, 0.4) is 0 Å². The second kappa shape index (κ2) is 8.02. The van der Waals surface area contributed by atoms with Gasteiger partial charge in [-0.3, -0.25) is 0 Å². The monoisotopic (exact) mass is 353 g/mol. The third-order valence-electron chi connectivity index (χ3n) is 3.58. The van der Waals surface area contributed by atoms with Crippen molar-refractivity contribution in [3.05, 3.63) is 48.7 Å². The topological polar surface area (TPSA) is 90.4 Å². The van der Waals surface area contributed by atoms with Crippen molar-refractivity contribution in [1.29, 1.82) is 0 Å². The Morgan fingerprint density at radius 1 is 0.808 bits per heavy atom. The summed E-state index contributed by atoms with van der Waals surface area (Å²) in [5, 5.41) is 14.2. The fourth-order valence-electron chi connectivity index (χ4n) is 2.26. The summed E-state index contributed by atoms with van der Waals surface area (Å²) >= 11 is 0. The number of hydrogen-bond acceptors (Lipinski definition) is 8. The molecule has 134 valence electrons. The molecule has 2 aromatic carbocycles. The van der Waals surface area contributed by atoms with Gasteiger partial charge < -0.3 is 24.8 Å². The first-order chi connectivity index (χ1) is 12.7. The standard InChI is InChI=1S/C18H19N5O3/c1-24-13-6-4-12(5-7-13)20-18-22-17(11-19-23-18)21-15-9-8-14(25-2)10-16(15)26-3/h4-11H,1-3H3,(H2,20,21,22,23). The van der Waals surface area contributed by atoms with Gasteiger partial charge in [0.2, 0.25) is 5.95 Å². The maximum Gasteiger partial charge on any atom is 0.249 e. The van der Waals surface area contributed by atoms with Crippen LogP contribution in [0, 0.1) is 0 Å². The van der Waals surface area contributed by atoms with E-state index in [1.165, 1.54) is 6.20 Å². The van der Waals surface area contributed by atoms with E-state index in [4.69, 9.17) is 14.2 Å². The average Bonchev–Trinajstić information content (AvgIpc) is 2.69. The molecule has 3 rings (SSSR count). The number of ether oxygens (including phenoxy) is 3. The van der Waals surface area contributed by atoms with E-state index in [2.05, 4.69) is 25.8 Å². The van der Waals surface area contributed by atoms with Crippen LogP contribution in [-0.2, 0) is 0 Å².